The molecule has 0 aliphatic rings. The number of hydrogen-bond donors (Lipinski definition) is 5. The molecule has 14 heteroatoms. The fourth-order valence-electron chi connectivity index (χ4n) is 2.82. The summed E-state index contributed by atoms with van der Waals surface area (Å²) in [5, 5.41) is 30.5. The van der Waals surface area contributed by atoms with Crippen LogP contribution in [0.2, 0.25) is 0 Å². The van der Waals surface area contributed by atoms with Crippen molar-refractivity contribution in [3.8, 4) is 17.1 Å². The van der Waals surface area contributed by atoms with E-state index in [1.165, 1.54) is 20.2 Å². The van der Waals surface area contributed by atoms with E-state index in [1.807, 2.05) is 5.32 Å². The van der Waals surface area contributed by atoms with Crippen LogP contribution in [0.25, 0.3) is 11.4 Å². The standard InChI is InChI=1S/C19H21N9O5/c1-20-18(30)15-12(7-13(25-26-15)24-14(29)8-21-19(31)32)23-11-6-4-5-10(16(11)33-3)17-22-9-28(2)27-17/h4-7,9,21H,8H2,1-3H3,(H,20,30)(H,31,32)(H2,23,24,25,29). The van der Waals surface area contributed by atoms with Crippen molar-refractivity contribution in [2.24, 2.45) is 7.05 Å². The van der Waals surface area contributed by atoms with Gasteiger partial charge in [0.15, 0.2) is 23.1 Å². The van der Waals surface area contributed by atoms with Gasteiger partial charge in [-0.15, -0.1) is 10.2 Å². The third-order valence-corrected chi connectivity index (χ3v) is 4.23. The number of carbonyl (C=O) groups is 3. The fraction of sp³-hybridized carbons (Fsp3) is 0.211. The van der Waals surface area contributed by atoms with Gasteiger partial charge in [-0.3, -0.25) is 14.3 Å². The molecule has 0 radical (unpaired) electrons. The van der Waals surface area contributed by atoms with Crippen molar-refractivity contribution < 1.29 is 24.2 Å². The Morgan fingerprint density at radius 2 is 1.97 bits per heavy atom. The zero-order valence-electron chi connectivity index (χ0n) is 17.9. The molecule has 0 fully saturated rings. The largest absolute Gasteiger partial charge is 0.494 e. The normalized spacial score (nSPS) is 10.3. The van der Waals surface area contributed by atoms with Crippen molar-refractivity contribution in [1.29, 1.82) is 0 Å². The molecule has 0 spiro atoms. The van der Waals surface area contributed by atoms with Crippen LogP contribution in [0.5, 0.6) is 5.75 Å². The number of rotatable bonds is 8. The highest BCUT2D eigenvalue weighted by molar-refractivity contribution is 6.00. The maximum Gasteiger partial charge on any atom is 0.405 e. The molecular weight excluding hydrogens is 434 g/mol. The third kappa shape index (κ3) is 5.49. The van der Waals surface area contributed by atoms with Gasteiger partial charge in [0.2, 0.25) is 5.91 Å². The molecule has 2 heterocycles. The number of hydrogen-bond acceptors (Lipinski definition) is 9. The van der Waals surface area contributed by atoms with E-state index in [2.05, 4.69) is 36.2 Å². The van der Waals surface area contributed by atoms with Crippen LogP contribution in [0.3, 0.4) is 0 Å². The van der Waals surface area contributed by atoms with Gasteiger partial charge in [0.25, 0.3) is 5.91 Å². The molecule has 5 N–H and O–H groups in total. The highest BCUT2D eigenvalue weighted by atomic mass is 16.5. The summed E-state index contributed by atoms with van der Waals surface area (Å²) >= 11 is 0. The number of anilines is 3. The number of methoxy groups -OCH3 is 1. The van der Waals surface area contributed by atoms with E-state index in [-0.39, 0.29) is 17.2 Å². The molecular formula is C19H21N9O5. The monoisotopic (exact) mass is 455 g/mol. The van der Waals surface area contributed by atoms with Crippen LogP contribution in [0.15, 0.2) is 30.6 Å². The molecule has 0 saturated carbocycles. The molecule has 33 heavy (non-hydrogen) atoms. The lowest BCUT2D eigenvalue weighted by atomic mass is 10.1. The molecule has 0 aliphatic heterocycles. The van der Waals surface area contributed by atoms with Crippen molar-refractivity contribution in [1.82, 2.24) is 35.6 Å². The highest BCUT2D eigenvalue weighted by Crippen LogP contribution is 2.37. The lowest BCUT2D eigenvalue weighted by molar-refractivity contribution is -0.115. The Hall–Kier alpha value is -4.75. The second-order valence-electron chi connectivity index (χ2n) is 6.53. The van der Waals surface area contributed by atoms with Crippen LogP contribution in [-0.4, -0.2) is 68.7 Å². The van der Waals surface area contributed by atoms with Crippen LogP contribution in [-0.2, 0) is 11.8 Å². The number of carbonyl (C=O) groups excluding carboxylic acids is 2. The van der Waals surface area contributed by atoms with Gasteiger partial charge in [0.05, 0.1) is 24.0 Å². The minimum Gasteiger partial charge on any atom is -0.494 e. The van der Waals surface area contributed by atoms with E-state index in [0.29, 0.717) is 22.8 Å². The molecule has 1 aromatic carbocycles. The smallest absolute Gasteiger partial charge is 0.405 e. The number of para-hydroxylation sites is 1. The zero-order chi connectivity index (χ0) is 24.0. The van der Waals surface area contributed by atoms with Crippen LogP contribution in [0.4, 0.5) is 22.0 Å². The SMILES string of the molecule is CNC(=O)c1nnc(NC(=O)CNC(=O)O)cc1Nc1cccc(-c2ncn(C)n2)c1OC. The van der Waals surface area contributed by atoms with E-state index in [0.717, 1.165) is 0 Å². The van der Waals surface area contributed by atoms with Gasteiger partial charge in [-0.2, -0.15) is 5.10 Å². The second kappa shape index (κ2) is 10.0. The summed E-state index contributed by atoms with van der Waals surface area (Å²) in [5.41, 5.74) is 1.27. The Bertz CT molecular complexity index is 1190. The van der Waals surface area contributed by atoms with E-state index in [9.17, 15) is 14.4 Å². The molecule has 0 unspecified atom stereocenters. The molecule has 3 aromatic rings. The Balaban J connectivity index is 1.96. The molecule has 0 atom stereocenters. The van der Waals surface area contributed by atoms with Gasteiger partial charge >= 0.3 is 6.09 Å². The minimum absolute atomic E-state index is 0.00357. The Kier molecular flexibility index (Phi) is 6.97. The average molecular weight is 455 g/mol. The molecule has 14 nitrogen and oxygen atoms in total. The van der Waals surface area contributed by atoms with Crippen LogP contribution in [0.1, 0.15) is 10.5 Å². The van der Waals surface area contributed by atoms with Gasteiger partial charge in [-0.1, -0.05) is 6.07 Å². The number of ether oxygens (including phenoxy) is 1. The number of aromatic nitrogens is 5. The van der Waals surface area contributed by atoms with E-state index < -0.39 is 24.5 Å². The van der Waals surface area contributed by atoms with E-state index in [4.69, 9.17) is 9.84 Å². The molecule has 0 saturated heterocycles. The average Bonchev–Trinajstić information content (AvgIpc) is 3.23. The summed E-state index contributed by atoms with van der Waals surface area (Å²) < 4.78 is 7.12. The summed E-state index contributed by atoms with van der Waals surface area (Å²) in [6, 6.07) is 6.64. The maximum atomic E-state index is 12.3. The summed E-state index contributed by atoms with van der Waals surface area (Å²) in [5.74, 6) is -0.317. The highest BCUT2D eigenvalue weighted by Gasteiger charge is 2.19. The minimum atomic E-state index is -1.34. The topological polar surface area (TPSA) is 185 Å². The number of benzene rings is 1. The summed E-state index contributed by atoms with van der Waals surface area (Å²) in [6.45, 7) is -0.482. The van der Waals surface area contributed by atoms with Gasteiger partial charge in [-0.25, -0.2) is 9.78 Å². The molecule has 3 amide bonds. The Labute approximate surface area is 187 Å². The van der Waals surface area contributed by atoms with Crippen LogP contribution >= 0.6 is 0 Å². The maximum absolute atomic E-state index is 12.3. The summed E-state index contributed by atoms with van der Waals surface area (Å²) in [7, 11) is 4.67. The van der Waals surface area contributed by atoms with Crippen molar-refractivity contribution in [3.05, 3.63) is 36.3 Å². The molecule has 2 aromatic heterocycles. The first-order valence-corrected chi connectivity index (χ1v) is 9.48. The predicted octanol–water partition coefficient (Wildman–Crippen LogP) is 0.590. The van der Waals surface area contributed by atoms with Crippen LogP contribution in [0, 0.1) is 0 Å². The fourth-order valence-corrected chi connectivity index (χ4v) is 2.82. The summed E-state index contributed by atoms with van der Waals surface area (Å²) in [6.07, 6.45) is 0.211. The van der Waals surface area contributed by atoms with E-state index in [1.54, 1.807) is 36.3 Å². The number of aryl methyl sites for hydroxylation is 1. The van der Waals surface area contributed by atoms with E-state index >= 15 is 0 Å². The second-order valence-corrected chi connectivity index (χ2v) is 6.53. The Morgan fingerprint density at radius 3 is 2.61 bits per heavy atom. The lowest BCUT2D eigenvalue weighted by Gasteiger charge is -2.16. The number of amides is 3. The van der Waals surface area contributed by atoms with Gasteiger partial charge in [0.1, 0.15) is 12.9 Å². The zero-order valence-corrected chi connectivity index (χ0v) is 17.9. The van der Waals surface area contributed by atoms with Crippen molar-refractivity contribution in [2.75, 3.05) is 31.3 Å². The molecule has 0 aliphatic carbocycles. The number of carboxylic acid groups (broad SMARTS) is 1. The van der Waals surface area contributed by atoms with Gasteiger partial charge in [0, 0.05) is 20.2 Å². The first-order chi connectivity index (χ1) is 15.8. The molecule has 3 rings (SSSR count). The van der Waals surface area contributed by atoms with Crippen molar-refractivity contribution in [2.45, 2.75) is 0 Å². The lowest BCUT2D eigenvalue weighted by Crippen LogP contribution is -2.32. The third-order valence-electron chi connectivity index (χ3n) is 4.23. The first-order valence-electron chi connectivity index (χ1n) is 9.48. The van der Waals surface area contributed by atoms with Crippen molar-refractivity contribution >= 4 is 35.1 Å². The van der Waals surface area contributed by atoms with Gasteiger partial charge in [-0.05, 0) is 12.1 Å². The Morgan fingerprint density at radius 1 is 1.18 bits per heavy atom. The molecule has 0 bridgehead atoms. The van der Waals surface area contributed by atoms with Crippen LogP contribution < -0.4 is 26.0 Å². The predicted molar refractivity (Wildman–Crippen MR) is 116 cm³/mol. The van der Waals surface area contributed by atoms with Gasteiger partial charge < -0.3 is 31.1 Å². The van der Waals surface area contributed by atoms with Crippen molar-refractivity contribution in [3.63, 3.8) is 0 Å². The number of nitrogens with one attached hydrogen (secondary N) is 4. The first kappa shape index (κ1) is 22.9. The number of nitrogens with zero attached hydrogens (tertiary/aromatic N) is 5. The molecule has 172 valence electrons. The summed E-state index contributed by atoms with van der Waals surface area (Å²) in [4.78, 5) is 39.0. The quantitative estimate of drug-likeness (QED) is 0.322.